The average Bonchev–Trinajstić information content (AvgIpc) is 2.75. The number of hydrogen-bond donors (Lipinski definition) is 1. The molecule has 0 aliphatic carbocycles. The van der Waals surface area contributed by atoms with E-state index in [9.17, 15) is 0 Å². The third-order valence-corrected chi connectivity index (χ3v) is 4.24. The Kier molecular flexibility index (Phi) is 4.49. The van der Waals surface area contributed by atoms with Crippen molar-refractivity contribution in [1.82, 2.24) is 4.98 Å². The third kappa shape index (κ3) is 3.04. The number of hydrogen-bond acceptors (Lipinski definition) is 5. The van der Waals surface area contributed by atoms with Gasteiger partial charge in [0, 0.05) is 16.6 Å². The van der Waals surface area contributed by atoms with Crippen molar-refractivity contribution < 1.29 is 9.47 Å². The van der Waals surface area contributed by atoms with Gasteiger partial charge < -0.3 is 14.8 Å². The lowest BCUT2D eigenvalue weighted by Gasteiger charge is -2.14. The summed E-state index contributed by atoms with van der Waals surface area (Å²) in [5, 5.41) is 4.54. The summed E-state index contributed by atoms with van der Waals surface area (Å²) in [4.78, 5) is 5.70. The van der Waals surface area contributed by atoms with Crippen molar-refractivity contribution in [1.29, 1.82) is 0 Å². The van der Waals surface area contributed by atoms with Crippen LogP contribution in [0.3, 0.4) is 0 Å². The van der Waals surface area contributed by atoms with E-state index in [2.05, 4.69) is 17.2 Å². The second-order valence-electron chi connectivity index (χ2n) is 4.62. The zero-order chi connectivity index (χ0) is 14.7. The number of benzene rings is 1. The van der Waals surface area contributed by atoms with Crippen LogP contribution in [0.5, 0.6) is 11.5 Å². The van der Waals surface area contributed by atoms with Crippen molar-refractivity contribution in [3.63, 3.8) is 0 Å². The molecule has 1 aromatic carbocycles. The van der Waals surface area contributed by atoms with Gasteiger partial charge in [-0.25, -0.2) is 4.98 Å². The van der Waals surface area contributed by atoms with E-state index >= 15 is 0 Å². The molecule has 0 unspecified atom stereocenters. The van der Waals surface area contributed by atoms with Crippen LogP contribution < -0.4 is 14.8 Å². The van der Waals surface area contributed by atoms with Crippen molar-refractivity contribution in [2.45, 2.75) is 27.3 Å². The highest BCUT2D eigenvalue weighted by molar-refractivity contribution is 7.11. The Bertz CT molecular complexity index is 608. The number of thiazole rings is 1. The molecular weight excluding hydrogens is 272 g/mol. The minimum absolute atomic E-state index is 0.734. The van der Waals surface area contributed by atoms with Gasteiger partial charge in [-0.3, -0.25) is 0 Å². The maximum Gasteiger partial charge on any atom is 0.162 e. The summed E-state index contributed by atoms with van der Waals surface area (Å²) in [5.41, 5.74) is 3.27. The van der Waals surface area contributed by atoms with E-state index in [0.29, 0.717) is 0 Å². The quantitative estimate of drug-likeness (QED) is 0.912. The van der Waals surface area contributed by atoms with Gasteiger partial charge in [-0.2, -0.15) is 0 Å². The lowest BCUT2D eigenvalue weighted by molar-refractivity contribution is 0.355. The largest absolute Gasteiger partial charge is 0.493 e. The van der Waals surface area contributed by atoms with Crippen molar-refractivity contribution in [3.8, 4) is 11.5 Å². The molecule has 5 heteroatoms. The van der Waals surface area contributed by atoms with Crippen LogP contribution in [0.15, 0.2) is 12.1 Å². The van der Waals surface area contributed by atoms with Crippen molar-refractivity contribution >= 4 is 17.0 Å². The maximum absolute atomic E-state index is 5.34. The summed E-state index contributed by atoms with van der Waals surface area (Å²) < 4.78 is 10.6. The average molecular weight is 292 g/mol. The van der Waals surface area contributed by atoms with E-state index in [1.807, 2.05) is 26.0 Å². The molecule has 20 heavy (non-hydrogen) atoms. The number of anilines is 1. The predicted molar refractivity (Wildman–Crippen MR) is 83.2 cm³/mol. The number of ether oxygens (including phenoxy) is 2. The van der Waals surface area contributed by atoms with E-state index in [1.165, 1.54) is 4.88 Å². The Labute approximate surface area is 123 Å². The molecule has 108 valence electrons. The van der Waals surface area contributed by atoms with E-state index < -0.39 is 0 Å². The fourth-order valence-corrected chi connectivity index (χ4v) is 2.96. The molecule has 2 aromatic rings. The minimum atomic E-state index is 0.734. The molecule has 0 saturated heterocycles. The second-order valence-corrected chi connectivity index (χ2v) is 5.90. The Hall–Kier alpha value is -1.75. The van der Waals surface area contributed by atoms with E-state index in [1.54, 1.807) is 25.6 Å². The Morgan fingerprint density at radius 2 is 1.75 bits per heavy atom. The molecular formula is C15H20N2O2S. The first-order valence-electron chi connectivity index (χ1n) is 6.44. The number of aryl methyl sites for hydroxylation is 3. The van der Waals surface area contributed by atoms with Crippen LogP contribution in [0, 0.1) is 20.8 Å². The Morgan fingerprint density at radius 1 is 1.10 bits per heavy atom. The summed E-state index contributed by atoms with van der Waals surface area (Å²) in [6.07, 6.45) is 0. The highest BCUT2D eigenvalue weighted by atomic mass is 32.1. The van der Waals surface area contributed by atoms with Gasteiger partial charge in [-0.05, 0) is 32.4 Å². The van der Waals surface area contributed by atoms with Crippen molar-refractivity contribution in [2.75, 3.05) is 19.5 Å². The van der Waals surface area contributed by atoms with E-state index in [0.717, 1.165) is 40.0 Å². The molecule has 4 nitrogen and oxygen atoms in total. The molecule has 0 aliphatic rings. The van der Waals surface area contributed by atoms with Gasteiger partial charge in [0.25, 0.3) is 0 Å². The minimum Gasteiger partial charge on any atom is -0.493 e. The monoisotopic (exact) mass is 292 g/mol. The Balaban J connectivity index is 2.19. The van der Waals surface area contributed by atoms with Gasteiger partial charge in [0.2, 0.25) is 0 Å². The van der Waals surface area contributed by atoms with Crippen LogP contribution in [0.25, 0.3) is 0 Å². The smallest absolute Gasteiger partial charge is 0.162 e. The SMILES string of the molecule is COc1cc(C)c(NCc2sc(C)nc2C)cc1OC. The first-order valence-corrected chi connectivity index (χ1v) is 7.26. The van der Waals surface area contributed by atoms with Crippen LogP contribution in [0.1, 0.15) is 21.1 Å². The maximum atomic E-state index is 5.34. The molecule has 0 spiro atoms. The molecule has 1 N–H and O–H groups in total. The van der Waals surface area contributed by atoms with Gasteiger partial charge in [0.1, 0.15) is 0 Å². The molecule has 1 aromatic heterocycles. The van der Waals surface area contributed by atoms with Crippen LogP contribution >= 0.6 is 11.3 Å². The van der Waals surface area contributed by atoms with Crippen molar-refractivity contribution in [3.05, 3.63) is 33.3 Å². The number of rotatable bonds is 5. The number of methoxy groups -OCH3 is 2. The Morgan fingerprint density at radius 3 is 2.30 bits per heavy atom. The van der Waals surface area contributed by atoms with Gasteiger partial charge in [0.05, 0.1) is 31.5 Å². The van der Waals surface area contributed by atoms with Crippen molar-refractivity contribution in [2.24, 2.45) is 0 Å². The number of nitrogens with one attached hydrogen (secondary N) is 1. The standard InChI is InChI=1S/C15H20N2O2S/c1-9-6-13(18-4)14(19-5)7-12(9)16-8-15-10(2)17-11(3)20-15/h6-7,16H,8H2,1-5H3. The summed E-state index contributed by atoms with van der Waals surface area (Å²) in [6, 6.07) is 3.95. The zero-order valence-electron chi connectivity index (χ0n) is 12.5. The first kappa shape index (κ1) is 14.7. The molecule has 0 fully saturated rings. The molecule has 1 heterocycles. The van der Waals surface area contributed by atoms with Crippen LogP contribution in [-0.2, 0) is 6.54 Å². The highest BCUT2D eigenvalue weighted by Gasteiger charge is 2.10. The summed E-state index contributed by atoms with van der Waals surface area (Å²) in [5.74, 6) is 1.48. The van der Waals surface area contributed by atoms with E-state index in [4.69, 9.17) is 9.47 Å². The summed E-state index contributed by atoms with van der Waals surface area (Å²) >= 11 is 1.73. The fourth-order valence-electron chi connectivity index (χ4n) is 2.08. The topological polar surface area (TPSA) is 43.4 Å². The molecule has 0 amide bonds. The molecule has 0 radical (unpaired) electrons. The number of nitrogens with zero attached hydrogens (tertiary/aromatic N) is 1. The number of aromatic nitrogens is 1. The highest BCUT2D eigenvalue weighted by Crippen LogP contribution is 2.33. The van der Waals surface area contributed by atoms with Gasteiger partial charge in [-0.15, -0.1) is 11.3 Å². The zero-order valence-corrected chi connectivity index (χ0v) is 13.4. The predicted octanol–water partition coefficient (Wildman–Crippen LogP) is 3.70. The van der Waals surface area contributed by atoms with Gasteiger partial charge in [0.15, 0.2) is 11.5 Å². The molecule has 2 rings (SSSR count). The normalized spacial score (nSPS) is 10.4. The lowest BCUT2D eigenvalue weighted by atomic mass is 10.1. The second kappa shape index (κ2) is 6.13. The van der Waals surface area contributed by atoms with E-state index in [-0.39, 0.29) is 0 Å². The molecule has 0 aliphatic heterocycles. The first-order chi connectivity index (χ1) is 9.55. The van der Waals surface area contributed by atoms with Crippen LogP contribution in [-0.4, -0.2) is 19.2 Å². The van der Waals surface area contributed by atoms with Gasteiger partial charge >= 0.3 is 0 Å². The van der Waals surface area contributed by atoms with Crippen LogP contribution in [0.2, 0.25) is 0 Å². The molecule has 0 saturated carbocycles. The van der Waals surface area contributed by atoms with Crippen LogP contribution in [0.4, 0.5) is 5.69 Å². The lowest BCUT2D eigenvalue weighted by Crippen LogP contribution is -2.02. The molecule has 0 bridgehead atoms. The molecule has 0 atom stereocenters. The summed E-state index contributed by atoms with van der Waals surface area (Å²) in [6.45, 7) is 6.90. The summed E-state index contributed by atoms with van der Waals surface area (Å²) in [7, 11) is 3.29. The van der Waals surface area contributed by atoms with Gasteiger partial charge in [-0.1, -0.05) is 0 Å². The fraction of sp³-hybridized carbons (Fsp3) is 0.400. The third-order valence-electron chi connectivity index (χ3n) is 3.17.